The van der Waals surface area contributed by atoms with Gasteiger partial charge in [-0.05, 0) is 25.7 Å². The molecule has 0 atom stereocenters. The Morgan fingerprint density at radius 2 is 2.24 bits per heavy atom. The number of halogens is 1. The van der Waals surface area contributed by atoms with Gasteiger partial charge in [-0.3, -0.25) is 0 Å². The highest BCUT2D eigenvalue weighted by atomic mass is 35.5. The minimum atomic E-state index is 0.477. The number of rotatable bonds is 5. The lowest BCUT2D eigenvalue weighted by molar-refractivity contribution is 0.243. The van der Waals surface area contributed by atoms with E-state index in [1.807, 2.05) is 6.92 Å². The summed E-state index contributed by atoms with van der Waals surface area (Å²) in [6.07, 6.45) is 6.71. The van der Waals surface area contributed by atoms with Crippen LogP contribution in [0.2, 0.25) is 5.02 Å². The number of hydrogen-bond donors (Lipinski definition) is 1. The van der Waals surface area contributed by atoms with E-state index in [1.165, 1.54) is 25.7 Å². The number of hydrogen-bond acceptors (Lipinski definition) is 4. The van der Waals surface area contributed by atoms with E-state index in [1.54, 1.807) is 6.20 Å². The van der Waals surface area contributed by atoms with E-state index < -0.39 is 0 Å². The van der Waals surface area contributed by atoms with Crippen LogP contribution in [0.15, 0.2) is 6.20 Å². The lowest BCUT2D eigenvalue weighted by Gasteiger charge is -2.12. The van der Waals surface area contributed by atoms with Gasteiger partial charge in [0.2, 0.25) is 11.8 Å². The Hall–Kier alpha value is -1.03. The van der Waals surface area contributed by atoms with Gasteiger partial charge in [-0.1, -0.05) is 24.4 Å². The Balaban J connectivity index is 1.95. The maximum Gasteiger partial charge on any atom is 0.237 e. The molecule has 1 fully saturated rings. The second-order valence-electron chi connectivity index (χ2n) is 4.34. The van der Waals surface area contributed by atoms with E-state index in [-0.39, 0.29) is 0 Å². The number of anilines is 1. The highest BCUT2D eigenvalue weighted by Gasteiger charge is 2.16. The monoisotopic (exact) mass is 255 g/mol. The Bertz CT molecular complexity index is 367. The summed E-state index contributed by atoms with van der Waals surface area (Å²) in [4.78, 5) is 8.32. The SMILES string of the molecule is CCNc1ncc(Cl)c(OCC2CCCC2)n1. The standard InChI is InChI=1S/C12H18ClN3O/c1-2-14-12-15-7-10(13)11(16-12)17-8-9-5-3-4-6-9/h7,9H,2-6,8H2,1H3,(H,14,15,16). The molecule has 17 heavy (non-hydrogen) atoms. The van der Waals surface area contributed by atoms with Crippen molar-refractivity contribution in [2.75, 3.05) is 18.5 Å². The van der Waals surface area contributed by atoms with Crippen LogP contribution in [0.4, 0.5) is 5.95 Å². The van der Waals surface area contributed by atoms with Gasteiger partial charge < -0.3 is 10.1 Å². The molecule has 0 unspecified atom stereocenters. The molecule has 1 aliphatic carbocycles. The zero-order chi connectivity index (χ0) is 12.1. The molecule has 2 rings (SSSR count). The first-order valence-electron chi connectivity index (χ1n) is 6.18. The zero-order valence-corrected chi connectivity index (χ0v) is 10.8. The summed E-state index contributed by atoms with van der Waals surface area (Å²) in [6, 6.07) is 0. The van der Waals surface area contributed by atoms with Gasteiger partial charge in [0.25, 0.3) is 0 Å². The molecular formula is C12H18ClN3O. The van der Waals surface area contributed by atoms with E-state index in [9.17, 15) is 0 Å². The molecule has 1 saturated carbocycles. The molecule has 1 heterocycles. The molecule has 0 bridgehead atoms. The molecule has 0 radical (unpaired) electrons. The molecule has 94 valence electrons. The van der Waals surface area contributed by atoms with Crippen molar-refractivity contribution >= 4 is 17.5 Å². The average molecular weight is 256 g/mol. The second kappa shape index (κ2) is 6.05. The summed E-state index contributed by atoms with van der Waals surface area (Å²) in [5, 5.41) is 3.52. The maximum absolute atomic E-state index is 6.00. The van der Waals surface area contributed by atoms with Gasteiger partial charge in [-0.25, -0.2) is 4.98 Å². The van der Waals surface area contributed by atoms with Crippen molar-refractivity contribution in [2.24, 2.45) is 5.92 Å². The smallest absolute Gasteiger partial charge is 0.237 e. The molecule has 0 spiro atoms. The lowest BCUT2D eigenvalue weighted by Crippen LogP contribution is -2.10. The van der Waals surface area contributed by atoms with E-state index >= 15 is 0 Å². The van der Waals surface area contributed by atoms with Crippen LogP contribution in [0.3, 0.4) is 0 Å². The van der Waals surface area contributed by atoms with Crippen molar-refractivity contribution in [2.45, 2.75) is 32.6 Å². The normalized spacial score (nSPS) is 16.1. The van der Waals surface area contributed by atoms with Crippen LogP contribution in [0, 0.1) is 5.92 Å². The van der Waals surface area contributed by atoms with Crippen molar-refractivity contribution in [3.8, 4) is 5.88 Å². The van der Waals surface area contributed by atoms with Crippen molar-refractivity contribution < 1.29 is 4.74 Å². The molecule has 1 N–H and O–H groups in total. The van der Waals surface area contributed by atoms with Crippen LogP contribution in [-0.2, 0) is 0 Å². The van der Waals surface area contributed by atoms with Gasteiger partial charge in [0, 0.05) is 6.54 Å². The quantitative estimate of drug-likeness (QED) is 0.878. The van der Waals surface area contributed by atoms with Gasteiger partial charge in [0.15, 0.2) is 0 Å². The summed E-state index contributed by atoms with van der Waals surface area (Å²) in [5.41, 5.74) is 0. The Morgan fingerprint density at radius 3 is 2.94 bits per heavy atom. The summed E-state index contributed by atoms with van der Waals surface area (Å²) in [7, 11) is 0. The Morgan fingerprint density at radius 1 is 1.47 bits per heavy atom. The van der Waals surface area contributed by atoms with Gasteiger partial charge in [0.05, 0.1) is 12.8 Å². The van der Waals surface area contributed by atoms with Crippen LogP contribution in [0.1, 0.15) is 32.6 Å². The van der Waals surface area contributed by atoms with E-state index in [0.717, 1.165) is 6.54 Å². The third kappa shape index (κ3) is 3.46. The summed E-state index contributed by atoms with van der Waals surface area (Å²) < 4.78 is 5.68. The molecule has 4 nitrogen and oxygen atoms in total. The van der Waals surface area contributed by atoms with Crippen molar-refractivity contribution in [3.63, 3.8) is 0 Å². The number of aromatic nitrogens is 2. The molecular weight excluding hydrogens is 238 g/mol. The highest BCUT2D eigenvalue weighted by molar-refractivity contribution is 6.31. The fraction of sp³-hybridized carbons (Fsp3) is 0.667. The first kappa shape index (κ1) is 12.4. The average Bonchev–Trinajstić information content (AvgIpc) is 2.83. The van der Waals surface area contributed by atoms with Gasteiger partial charge in [0.1, 0.15) is 5.02 Å². The first-order chi connectivity index (χ1) is 8.29. The molecule has 1 aliphatic rings. The number of nitrogens with one attached hydrogen (secondary N) is 1. The van der Waals surface area contributed by atoms with Crippen LogP contribution in [0.25, 0.3) is 0 Å². The predicted octanol–water partition coefficient (Wildman–Crippen LogP) is 3.13. The molecule has 0 aliphatic heterocycles. The van der Waals surface area contributed by atoms with Gasteiger partial charge in [-0.2, -0.15) is 4.98 Å². The van der Waals surface area contributed by atoms with Crippen molar-refractivity contribution in [1.82, 2.24) is 9.97 Å². The third-order valence-electron chi connectivity index (χ3n) is 2.98. The fourth-order valence-electron chi connectivity index (χ4n) is 2.07. The minimum absolute atomic E-state index is 0.477. The number of nitrogens with zero attached hydrogens (tertiary/aromatic N) is 2. The minimum Gasteiger partial charge on any atom is -0.476 e. The summed E-state index contributed by atoms with van der Waals surface area (Å²) in [6.45, 7) is 3.49. The van der Waals surface area contributed by atoms with Gasteiger partial charge in [-0.15, -0.1) is 0 Å². The lowest BCUT2D eigenvalue weighted by atomic mass is 10.1. The zero-order valence-electron chi connectivity index (χ0n) is 10.1. The molecule has 0 amide bonds. The van der Waals surface area contributed by atoms with Crippen LogP contribution in [-0.4, -0.2) is 23.1 Å². The highest BCUT2D eigenvalue weighted by Crippen LogP contribution is 2.27. The first-order valence-corrected chi connectivity index (χ1v) is 6.56. The van der Waals surface area contributed by atoms with Gasteiger partial charge >= 0.3 is 0 Å². The molecule has 0 saturated heterocycles. The molecule has 5 heteroatoms. The Labute approximate surface area is 107 Å². The summed E-state index contributed by atoms with van der Waals surface area (Å²) >= 11 is 6.00. The van der Waals surface area contributed by atoms with E-state index in [2.05, 4.69) is 15.3 Å². The van der Waals surface area contributed by atoms with E-state index in [4.69, 9.17) is 16.3 Å². The van der Waals surface area contributed by atoms with Crippen molar-refractivity contribution in [3.05, 3.63) is 11.2 Å². The molecule has 0 aromatic carbocycles. The predicted molar refractivity (Wildman–Crippen MR) is 68.7 cm³/mol. The van der Waals surface area contributed by atoms with Crippen LogP contribution in [0.5, 0.6) is 5.88 Å². The largest absolute Gasteiger partial charge is 0.476 e. The van der Waals surface area contributed by atoms with Crippen molar-refractivity contribution in [1.29, 1.82) is 0 Å². The van der Waals surface area contributed by atoms with Crippen LogP contribution >= 0.6 is 11.6 Å². The fourth-order valence-corrected chi connectivity index (χ4v) is 2.22. The summed E-state index contributed by atoms with van der Waals surface area (Å²) in [5.74, 6) is 1.71. The second-order valence-corrected chi connectivity index (χ2v) is 4.75. The third-order valence-corrected chi connectivity index (χ3v) is 3.24. The molecule has 1 aromatic rings. The topological polar surface area (TPSA) is 47.0 Å². The van der Waals surface area contributed by atoms with Crippen LogP contribution < -0.4 is 10.1 Å². The molecule has 1 aromatic heterocycles. The Kier molecular flexibility index (Phi) is 4.42. The number of ether oxygens (including phenoxy) is 1. The maximum atomic E-state index is 6.00. The van der Waals surface area contributed by atoms with E-state index in [0.29, 0.717) is 29.4 Å².